The van der Waals surface area contributed by atoms with Crippen LogP contribution in [-0.2, 0) is 0 Å². The maximum atomic E-state index is 13.2. The Labute approximate surface area is 202 Å². The Morgan fingerprint density at radius 3 is 2.55 bits per heavy atom. The summed E-state index contributed by atoms with van der Waals surface area (Å²) in [5.74, 6) is -0.241. The first-order valence-corrected chi connectivity index (χ1v) is 11.9. The van der Waals surface area contributed by atoms with Gasteiger partial charge in [-0.25, -0.2) is 4.68 Å². The van der Waals surface area contributed by atoms with Crippen molar-refractivity contribution in [3.63, 3.8) is 0 Å². The third kappa shape index (κ3) is 4.58. The molecule has 2 heterocycles. The van der Waals surface area contributed by atoms with E-state index in [0.29, 0.717) is 21.4 Å². The SMILES string of the molecule is Cc1c(C(=O)NC(C)c2ccccc2)nn(-c2ccc(Cl)cc2Cl)c1-c1cc(Br)cs1. The molecule has 1 atom stereocenters. The van der Waals surface area contributed by atoms with Crippen LogP contribution < -0.4 is 5.32 Å². The van der Waals surface area contributed by atoms with E-state index in [-0.39, 0.29) is 11.9 Å². The second-order valence-corrected chi connectivity index (χ2v) is 9.74. The van der Waals surface area contributed by atoms with Crippen LogP contribution in [-0.4, -0.2) is 15.7 Å². The number of hydrogen-bond donors (Lipinski definition) is 1. The molecule has 4 rings (SSSR count). The van der Waals surface area contributed by atoms with Crippen molar-refractivity contribution in [3.05, 3.63) is 91.3 Å². The second-order valence-electron chi connectivity index (χ2n) is 7.06. The fourth-order valence-corrected chi connectivity index (χ4v) is 5.36. The molecule has 1 amide bonds. The summed E-state index contributed by atoms with van der Waals surface area (Å²) in [6, 6.07) is 16.9. The Hall–Kier alpha value is -2.12. The van der Waals surface area contributed by atoms with Crippen LogP contribution in [0.25, 0.3) is 16.3 Å². The normalized spacial score (nSPS) is 12.0. The number of carbonyl (C=O) groups excluding carboxylic acids is 1. The highest BCUT2D eigenvalue weighted by Gasteiger charge is 2.25. The van der Waals surface area contributed by atoms with E-state index < -0.39 is 0 Å². The number of carbonyl (C=O) groups is 1. The molecule has 4 aromatic rings. The minimum atomic E-state index is -0.241. The first-order chi connectivity index (χ1) is 14.8. The van der Waals surface area contributed by atoms with E-state index in [2.05, 4.69) is 26.3 Å². The van der Waals surface area contributed by atoms with Crippen LogP contribution in [0.1, 0.15) is 34.6 Å². The lowest BCUT2D eigenvalue weighted by atomic mass is 10.1. The number of hydrogen-bond acceptors (Lipinski definition) is 3. The van der Waals surface area contributed by atoms with Gasteiger partial charge in [0.2, 0.25) is 0 Å². The highest BCUT2D eigenvalue weighted by Crippen LogP contribution is 2.37. The van der Waals surface area contributed by atoms with Crippen LogP contribution >= 0.6 is 50.5 Å². The van der Waals surface area contributed by atoms with Gasteiger partial charge >= 0.3 is 0 Å². The highest BCUT2D eigenvalue weighted by atomic mass is 79.9. The van der Waals surface area contributed by atoms with Gasteiger partial charge in [0.05, 0.1) is 27.3 Å². The number of amides is 1. The fourth-order valence-electron chi connectivity index (χ4n) is 3.36. The van der Waals surface area contributed by atoms with Gasteiger partial charge in [0, 0.05) is 20.4 Å². The van der Waals surface area contributed by atoms with E-state index in [0.717, 1.165) is 26.2 Å². The predicted octanol–water partition coefficient (Wildman–Crippen LogP) is 7.47. The molecule has 0 aliphatic heterocycles. The summed E-state index contributed by atoms with van der Waals surface area (Å²) in [6.45, 7) is 3.85. The summed E-state index contributed by atoms with van der Waals surface area (Å²) in [7, 11) is 0. The van der Waals surface area contributed by atoms with Crippen LogP contribution in [0.3, 0.4) is 0 Å². The molecule has 31 heavy (non-hydrogen) atoms. The second kappa shape index (κ2) is 9.17. The maximum Gasteiger partial charge on any atom is 0.272 e. The fraction of sp³-hybridized carbons (Fsp3) is 0.130. The summed E-state index contributed by atoms with van der Waals surface area (Å²) < 4.78 is 2.68. The Morgan fingerprint density at radius 2 is 1.90 bits per heavy atom. The Kier molecular flexibility index (Phi) is 6.53. The zero-order chi connectivity index (χ0) is 22.1. The first kappa shape index (κ1) is 22.1. The van der Waals surface area contributed by atoms with Crippen molar-refractivity contribution in [2.24, 2.45) is 0 Å². The standard InChI is InChI=1S/C23H18BrCl2N3OS/c1-13-21(23(30)27-14(2)15-6-4-3-5-7-15)28-29(19-9-8-17(25)11-18(19)26)22(13)20-10-16(24)12-31-20/h3-12,14H,1-2H3,(H,27,30). The van der Waals surface area contributed by atoms with Gasteiger partial charge in [-0.3, -0.25) is 4.79 Å². The highest BCUT2D eigenvalue weighted by molar-refractivity contribution is 9.10. The summed E-state index contributed by atoms with van der Waals surface area (Å²) in [6.07, 6.45) is 0. The molecule has 0 radical (unpaired) electrons. The summed E-state index contributed by atoms with van der Waals surface area (Å²) in [4.78, 5) is 14.1. The van der Waals surface area contributed by atoms with E-state index in [9.17, 15) is 4.79 Å². The minimum absolute atomic E-state index is 0.156. The van der Waals surface area contributed by atoms with Crippen LogP contribution in [0.15, 0.2) is 64.5 Å². The van der Waals surface area contributed by atoms with Gasteiger partial charge in [-0.05, 0) is 59.6 Å². The van der Waals surface area contributed by atoms with Crippen LogP contribution in [0, 0.1) is 6.92 Å². The monoisotopic (exact) mass is 533 g/mol. The third-order valence-electron chi connectivity index (χ3n) is 4.92. The lowest BCUT2D eigenvalue weighted by molar-refractivity contribution is 0.0934. The predicted molar refractivity (Wildman–Crippen MR) is 132 cm³/mol. The number of halogens is 3. The van der Waals surface area contributed by atoms with Crippen molar-refractivity contribution in [3.8, 4) is 16.3 Å². The van der Waals surface area contributed by atoms with Crippen LogP contribution in [0.4, 0.5) is 0 Å². The molecule has 158 valence electrons. The van der Waals surface area contributed by atoms with E-state index in [1.807, 2.05) is 55.6 Å². The molecule has 0 bridgehead atoms. The number of rotatable bonds is 5. The van der Waals surface area contributed by atoms with E-state index in [1.165, 1.54) is 0 Å². The number of nitrogens with zero attached hydrogens (tertiary/aromatic N) is 2. The van der Waals surface area contributed by atoms with Gasteiger partial charge in [-0.15, -0.1) is 11.3 Å². The summed E-state index contributed by atoms with van der Waals surface area (Å²) in [5, 5.41) is 10.7. The number of thiophene rings is 1. The van der Waals surface area contributed by atoms with Crippen molar-refractivity contribution in [1.82, 2.24) is 15.1 Å². The maximum absolute atomic E-state index is 13.2. The largest absolute Gasteiger partial charge is 0.344 e. The van der Waals surface area contributed by atoms with E-state index in [1.54, 1.807) is 34.2 Å². The molecule has 0 aliphatic carbocycles. The quantitative estimate of drug-likeness (QED) is 0.288. The Bertz CT molecular complexity index is 1250. The number of aromatic nitrogens is 2. The molecule has 0 saturated carbocycles. The molecule has 0 spiro atoms. The Morgan fingerprint density at radius 1 is 1.16 bits per heavy atom. The van der Waals surface area contributed by atoms with Gasteiger partial charge in [0.15, 0.2) is 5.69 Å². The van der Waals surface area contributed by atoms with Gasteiger partial charge in [0.25, 0.3) is 5.91 Å². The van der Waals surface area contributed by atoms with Crippen molar-refractivity contribution < 1.29 is 4.79 Å². The Balaban J connectivity index is 1.79. The zero-order valence-electron chi connectivity index (χ0n) is 16.7. The molecule has 0 aliphatic rings. The molecule has 8 heteroatoms. The molecular formula is C23H18BrCl2N3OS. The van der Waals surface area contributed by atoms with Gasteiger partial charge in [0.1, 0.15) is 0 Å². The van der Waals surface area contributed by atoms with Crippen LogP contribution in [0.2, 0.25) is 10.0 Å². The molecule has 2 aromatic carbocycles. The first-order valence-electron chi connectivity index (χ1n) is 9.50. The number of benzene rings is 2. The van der Waals surface area contributed by atoms with Crippen molar-refractivity contribution >= 4 is 56.4 Å². The van der Waals surface area contributed by atoms with Gasteiger partial charge in [-0.2, -0.15) is 5.10 Å². The minimum Gasteiger partial charge on any atom is -0.344 e. The third-order valence-corrected chi connectivity index (χ3v) is 7.16. The topological polar surface area (TPSA) is 46.9 Å². The van der Waals surface area contributed by atoms with E-state index in [4.69, 9.17) is 23.2 Å². The van der Waals surface area contributed by atoms with Crippen molar-refractivity contribution in [2.45, 2.75) is 19.9 Å². The molecule has 1 N–H and O–H groups in total. The molecule has 1 unspecified atom stereocenters. The zero-order valence-corrected chi connectivity index (χ0v) is 20.6. The lowest BCUT2D eigenvalue weighted by Crippen LogP contribution is -2.27. The van der Waals surface area contributed by atoms with Gasteiger partial charge in [-0.1, -0.05) is 53.5 Å². The van der Waals surface area contributed by atoms with Crippen molar-refractivity contribution in [1.29, 1.82) is 0 Å². The lowest BCUT2D eigenvalue weighted by Gasteiger charge is -2.13. The summed E-state index contributed by atoms with van der Waals surface area (Å²) in [5.41, 5.74) is 3.63. The van der Waals surface area contributed by atoms with E-state index >= 15 is 0 Å². The van der Waals surface area contributed by atoms with Crippen molar-refractivity contribution in [2.75, 3.05) is 0 Å². The smallest absolute Gasteiger partial charge is 0.272 e. The molecule has 0 saturated heterocycles. The molecule has 0 fully saturated rings. The average molecular weight is 535 g/mol. The average Bonchev–Trinajstić information content (AvgIpc) is 3.31. The molecule has 2 aromatic heterocycles. The summed E-state index contributed by atoms with van der Waals surface area (Å²) >= 11 is 17.6. The van der Waals surface area contributed by atoms with Crippen LogP contribution in [0.5, 0.6) is 0 Å². The number of nitrogens with one attached hydrogen (secondary N) is 1. The molecule has 4 nitrogen and oxygen atoms in total. The molecular weight excluding hydrogens is 517 g/mol. The van der Waals surface area contributed by atoms with Gasteiger partial charge < -0.3 is 5.32 Å².